The fourth-order valence-electron chi connectivity index (χ4n) is 1.66. The lowest BCUT2D eigenvalue weighted by molar-refractivity contribution is -0.128. The predicted molar refractivity (Wildman–Crippen MR) is 83.9 cm³/mol. The van der Waals surface area contributed by atoms with Gasteiger partial charge in [-0.3, -0.25) is 4.79 Å². The number of nitrogens with one attached hydrogen (secondary N) is 1. The van der Waals surface area contributed by atoms with Gasteiger partial charge >= 0.3 is 0 Å². The van der Waals surface area contributed by atoms with Crippen LogP contribution in [0.1, 0.15) is 13.8 Å². The van der Waals surface area contributed by atoms with Crippen molar-refractivity contribution in [2.75, 3.05) is 5.32 Å². The summed E-state index contributed by atoms with van der Waals surface area (Å²) in [7, 11) is 0. The summed E-state index contributed by atoms with van der Waals surface area (Å²) in [5, 5.41) is 2.86. The van der Waals surface area contributed by atoms with Gasteiger partial charge in [0.15, 0.2) is 5.60 Å². The molecule has 0 aromatic heterocycles. The summed E-state index contributed by atoms with van der Waals surface area (Å²) in [4.78, 5) is 12.3. The van der Waals surface area contributed by atoms with Gasteiger partial charge in [-0.05, 0) is 54.0 Å². The summed E-state index contributed by atoms with van der Waals surface area (Å²) in [6.07, 6.45) is 0. The van der Waals surface area contributed by atoms with Crippen LogP contribution in [0, 0.1) is 0 Å². The zero-order valence-corrected chi connectivity index (χ0v) is 13.0. The highest BCUT2D eigenvalue weighted by Crippen LogP contribution is 2.24. The molecule has 0 bridgehead atoms. The Morgan fingerprint density at radius 3 is 2.30 bits per heavy atom. The average molecular weight is 334 g/mol. The number of anilines is 1. The van der Waals surface area contributed by atoms with E-state index in [0.717, 1.165) is 10.2 Å². The second kappa shape index (κ2) is 6.09. The van der Waals surface area contributed by atoms with Crippen LogP contribution in [0.15, 0.2) is 59.1 Å². The highest BCUT2D eigenvalue weighted by atomic mass is 79.9. The number of carbonyl (C=O) groups excluding carboxylic acids is 1. The van der Waals surface area contributed by atoms with Crippen molar-refractivity contribution in [3.05, 3.63) is 59.1 Å². The standard InChI is InChI=1S/C16H16BrNO2/c1-16(2,20-12-8-4-3-5-9-12)15(19)18-14-11-7-6-10-13(14)17/h3-11H,1-2H3,(H,18,19). The fraction of sp³-hybridized carbons (Fsp3) is 0.188. The van der Waals surface area contributed by atoms with Gasteiger partial charge in [0.1, 0.15) is 5.75 Å². The van der Waals surface area contributed by atoms with Crippen molar-refractivity contribution in [2.45, 2.75) is 19.4 Å². The molecule has 0 radical (unpaired) electrons. The maximum Gasteiger partial charge on any atom is 0.268 e. The summed E-state index contributed by atoms with van der Waals surface area (Å²) in [6, 6.07) is 16.8. The molecule has 2 aromatic rings. The van der Waals surface area contributed by atoms with Gasteiger partial charge in [0.05, 0.1) is 5.69 Å². The van der Waals surface area contributed by atoms with Gasteiger partial charge in [-0.1, -0.05) is 30.3 Å². The molecule has 2 aromatic carbocycles. The highest BCUT2D eigenvalue weighted by Gasteiger charge is 2.30. The average Bonchev–Trinajstić information content (AvgIpc) is 2.42. The Labute approximate surface area is 127 Å². The second-order valence-corrected chi connectivity index (χ2v) is 5.71. The van der Waals surface area contributed by atoms with Crippen LogP contribution in [-0.4, -0.2) is 11.5 Å². The van der Waals surface area contributed by atoms with Crippen molar-refractivity contribution >= 4 is 27.5 Å². The third kappa shape index (κ3) is 3.61. The Hall–Kier alpha value is -1.81. The van der Waals surface area contributed by atoms with E-state index in [1.807, 2.05) is 54.6 Å². The maximum atomic E-state index is 12.3. The molecule has 0 aliphatic heterocycles. The lowest BCUT2D eigenvalue weighted by Gasteiger charge is -2.25. The quantitative estimate of drug-likeness (QED) is 0.908. The van der Waals surface area contributed by atoms with Gasteiger partial charge in [-0.25, -0.2) is 0 Å². The monoisotopic (exact) mass is 333 g/mol. The summed E-state index contributed by atoms with van der Waals surface area (Å²) < 4.78 is 6.59. The van der Waals surface area contributed by atoms with E-state index in [2.05, 4.69) is 21.2 Å². The number of amides is 1. The summed E-state index contributed by atoms with van der Waals surface area (Å²) in [5.41, 5.74) is -0.237. The number of rotatable bonds is 4. The van der Waals surface area contributed by atoms with Crippen LogP contribution in [0.5, 0.6) is 5.75 Å². The van der Waals surface area contributed by atoms with Crippen molar-refractivity contribution in [2.24, 2.45) is 0 Å². The van der Waals surface area contributed by atoms with Crippen molar-refractivity contribution in [1.29, 1.82) is 0 Å². The molecule has 1 N–H and O–H groups in total. The molecule has 2 rings (SSSR count). The zero-order valence-electron chi connectivity index (χ0n) is 11.4. The number of hydrogen-bond acceptors (Lipinski definition) is 2. The van der Waals surface area contributed by atoms with E-state index in [-0.39, 0.29) is 5.91 Å². The Morgan fingerprint density at radius 2 is 1.65 bits per heavy atom. The van der Waals surface area contributed by atoms with E-state index in [0.29, 0.717) is 5.75 Å². The molecular weight excluding hydrogens is 318 g/mol. The van der Waals surface area contributed by atoms with Crippen LogP contribution in [0.25, 0.3) is 0 Å². The fourth-order valence-corrected chi connectivity index (χ4v) is 2.05. The first kappa shape index (κ1) is 14.6. The number of carbonyl (C=O) groups is 1. The Morgan fingerprint density at radius 1 is 1.05 bits per heavy atom. The molecule has 0 aliphatic carbocycles. The molecule has 0 saturated carbocycles. The van der Waals surface area contributed by atoms with Crippen LogP contribution < -0.4 is 10.1 Å². The molecule has 0 atom stereocenters. The minimum atomic E-state index is -0.962. The predicted octanol–water partition coefficient (Wildman–Crippen LogP) is 4.25. The van der Waals surface area contributed by atoms with Gasteiger partial charge in [0.2, 0.25) is 0 Å². The van der Waals surface area contributed by atoms with Gasteiger partial charge in [0, 0.05) is 4.47 Å². The third-order valence-electron chi connectivity index (χ3n) is 2.79. The number of halogens is 1. The first-order valence-electron chi connectivity index (χ1n) is 6.29. The lowest BCUT2D eigenvalue weighted by atomic mass is 10.1. The van der Waals surface area contributed by atoms with Crippen molar-refractivity contribution < 1.29 is 9.53 Å². The van der Waals surface area contributed by atoms with Crippen LogP contribution in [-0.2, 0) is 4.79 Å². The topological polar surface area (TPSA) is 38.3 Å². The minimum Gasteiger partial charge on any atom is -0.478 e. The lowest BCUT2D eigenvalue weighted by Crippen LogP contribution is -2.42. The number of ether oxygens (including phenoxy) is 1. The van der Waals surface area contributed by atoms with E-state index < -0.39 is 5.60 Å². The van der Waals surface area contributed by atoms with E-state index in [1.165, 1.54) is 0 Å². The SMILES string of the molecule is CC(C)(Oc1ccccc1)C(=O)Nc1ccccc1Br. The summed E-state index contributed by atoms with van der Waals surface area (Å²) >= 11 is 3.40. The van der Waals surface area contributed by atoms with E-state index in [4.69, 9.17) is 4.74 Å². The Kier molecular flexibility index (Phi) is 4.45. The summed E-state index contributed by atoms with van der Waals surface area (Å²) in [6.45, 7) is 3.48. The molecule has 3 nitrogen and oxygen atoms in total. The molecule has 4 heteroatoms. The van der Waals surface area contributed by atoms with Crippen molar-refractivity contribution in [3.63, 3.8) is 0 Å². The highest BCUT2D eigenvalue weighted by molar-refractivity contribution is 9.10. The molecule has 0 unspecified atom stereocenters. The smallest absolute Gasteiger partial charge is 0.268 e. The van der Waals surface area contributed by atoms with Gasteiger partial charge in [-0.15, -0.1) is 0 Å². The molecule has 20 heavy (non-hydrogen) atoms. The van der Waals surface area contributed by atoms with Gasteiger partial charge in [-0.2, -0.15) is 0 Å². The van der Waals surface area contributed by atoms with Crippen LogP contribution in [0.2, 0.25) is 0 Å². The molecule has 1 amide bonds. The van der Waals surface area contributed by atoms with Gasteiger partial charge in [0.25, 0.3) is 5.91 Å². The number of para-hydroxylation sites is 2. The molecule has 0 aliphatic rings. The Balaban J connectivity index is 2.10. The zero-order chi connectivity index (χ0) is 14.6. The van der Waals surface area contributed by atoms with Crippen LogP contribution >= 0.6 is 15.9 Å². The molecule has 0 saturated heterocycles. The van der Waals surface area contributed by atoms with E-state index in [9.17, 15) is 4.79 Å². The van der Waals surface area contributed by atoms with Gasteiger partial charge < -0.3 is 10.1 Å². The molecule has 0 heterocycles. The van der Waals surface area contributed by atoms with E-state index in [1.54, 1.807) is 13.8 Å². The molecular formula is C16H16BrNO2. The first-order chi connectivity index (χ1) is 9.49. The normalized spacial score (nSPS) is 10.9. The van der Waals surface area contributed by atoms with Crippen molar-refractivity contribution in [3.8, 4) is 5.75 Å². The largest absolute Gasteiger partial charge is 0.478 e. The first-order valence-corrected chi connectivity index (χ1v) is 7.08. The molecule has 0 spiro atoms. The third-order valence-corrected chi connectivity index (χ3v) is 3.48. The second-order valence-electron chi connectivity index (χ2n) is 4.86. The molecule has 104 valence electrons. The van der Waals surface area contributed by atoms with E-state index >= 15 is 0 Å². The minimum absolute atomic E-state index is 0.201. The van der Waals surface area contributed by atoms with Crippen LogP contribution in [0.4, 0.5) is 5.69 Å². The summed E-state index contributed by atoms with van der Waals surface area (Å²) in [5.74, 6) is 0.466. The number of benzene rings is 2. The van der Waals surface area contributed by atoms with Crippen molar-refractivity contribution in [1.82, 2.24) is 0 Å². The molecule has 0 fully saturated rings. The van der Waals surface area contributed by atoms with Crippen LogP contribution in [0.3, 0.4) is 0 Å². The maximum absolute atomic E-state index is 12.3. The Bertz CT molecular complexity index is 596. The number of hydrogen-bond donors (Lipinski definition) is 1.